The van der Waals surface area contributed by atoms with Crippen LogP contribution in [-0.2, 0) is 9.84 Å². The van der Waals surface area contributed by atoms with Gasteiger partial charge in [-0.05, 0) is 24.6 Å². The van der Waals surface area contributed by atoms with Crippen LogP contribution in [0.4, 0.5) is 0 Å². The molecular formula is C14H18N2O3S. The van der Waals surface area contributed by atoms with E-state index in [1.165, 1.54) is 0 Å². The lowest BCUT2D eigenvalue weighted by Crippen LogP contribution is -2.40. The highest BCUT2D eigenvalue weighted by Crippen LogP contribution is 2.13. The van der Waals surface area contributed by atoms with Gasteiger partial charge in [0.2, 0.25) is 0 Å². The maximum atomic E-state index is 11.3. The summed E-state index contributed by atoms with van der Waals surface area (Å²) in [5.74, 6) is 1.22. The normalized spacial score (nSPS) is 18.4. The van der Waals surface area contributed by atoms with Crippen molar-refractivity contribution in [3.05, 3.63) is 29.8 Å². The van der Waals surface area contributed by atoms with E-state index in [-0.39, 0.29) is 11.5 Å². The van der Waals surface area contributed by atoms with Crippen LogP contribution < -0.4 is 4.74 Å². The fourth-order valence-corrected chi connectivity index (χ4v) is 3.38. The van der Waals surface area contributed by atoms with Crippen molar-refractivity contribution >= 4 is 9.84 Å². The van der Waals surface area contributed by atoms with Gasteiger partial charge in [-0.1, -0.05) is 6.07 Å². The standard InChI is InChI=1S/C14H18N2O3S/c15-12-13-3-1-4-14(11-13)19-8-2-5-16-6-9-20(17,18)10-7-16/h1,3-4,11H,2,5-10H2. The molecule has 0 aliphatic carbocycles. The van der Waals surface area contributed by atoms with E-state index in [1.54, 1.807) is 18.2 Å². The summed E-state index contributed by atoms with van der Waals surface area (Å²) in [4.78, 5) is 2.15. The summed E-state index contributed by atoms with van der Waals surface area (Å²) in [7, 11) is -2.80. The van der Waals surface area contributed by atoms with Crippen LogP contribution in [0.3, 0.4) is 0 Å². The summed E-state index contributed by atoms with van der Waals surface area (Å²) < 4.78 is 28.2. The Morgan fingerprint density at radius 2 is 2.05 bits per heavy atom. The molecule has 2 rings (SSSR count). The van der Waals surface area contributed by atoms with E-state index in [9.17, 15) is 8.42 Å². The summed E-state index contributed by atoms with van der Waals surface area (Å²) >= 11 is 0. The molecule has 0 spiro atoms. The molecule has 0 saturated carbocycles. The molecule has 5 nitrogen and oxygen atoms in total. The molecule has 108 valence electrons. The molecule has 20 heavy (non-hydrogen) atoms. The Kier molecular flexibility index (Phi) is 4.99. The highest BCUT2D eigenvalue weighted by molar-refractivity contribution is 7.91. The van der Waals surface area contributed by atoms with Gasteiger partial charge in [0.05, 0.1) is 29.7 Å². The minimum absolute atomic E-state index is 0.262. The molecule has 1 aliphatic heterocycles. The van der Waals surface area contributed by atoms with Crippen molar-refractivity contribution in [2.24, 2.45) is 0 Å². The molecule has 6 heteroatoms. The predicted molar refractivity (Wildman–Crippen MR) is 76.4 cm³/mol. The van der Waals surface area contributed by atoms with Gasteiger partial charge in [-0.3, -0.25) is 0 Å². The lowest BCUT2D eigenvalue weighted by atomic mass is 10.2. The van der Waals surface area contributed by atoms with Crippen molar-refractivity contribution in [2.75, 3.05) is 37.7 Å². The van der Waals surface area contributed by atoms with Crippen LogP contribution in [0.5, 0.6) is 5.75 Å². The number of benzene rings is 1. The van der Waals surface area contributed by atoms with Crippen LogP contribution >= 0.6 is 0 Å². The second-order valence-electron chi connectivity index (χ2n) is 4.84. The molecule has 0 amide bonds. The van der Waals surface area contributed by atoms with Gasteiger partial charge >= 0.3 is 0 Å². The smallest absolute Gasteiger partial charge is 0.152 e. The number of sulfone groups is 1. The van der Waals surface area contributed by atoms with Crippen molar-refractivity contribution < 1.29 is 13.2 Å². The van der Waals surface area contributed by atoms with E-state index >= 15 is 0 Å². The van der Waals surface area contributed by atoms with E-state index in [1.807, 2.05) is 6.07 Å². The van der Waals surface area contributed by atoms with Crippen LogP contribution in [0, 0.1) is 11.3 Å². The lowest BCUT2D eigenvalue weighted by molar-refractivity contribution is 0.246. The number of nitriles is 1. The van der Waals surface area contributed by atoms with Gasteiger partial charge < -0.3 is 9.64 Å². The van der Waals surface area contributed by atoms with Crippen LogP contribution in [0.2, 0.25) is 0 Å². The Bertz CT molecular complexity index is 579. The summed E-state index contributed by atoms with van der Waals surface area (Å²) in [6.45, 7) is 2.64. The first-order valence-corrected chi connectivity index (χ1v) is 8.47. The topological polar surface area (TPSA) is 70.4 Å². The molecular weight excluding hydrogens is 276 g/mol. The van der Waals surface area contributed by atoms with Crippen molar-refractivity contribution in [1.29, 1.82) is 5.26 Å². The first-order valence-electron chi connectivity index (χ1n) is 6.65. The molecule has 0 N–H and O–H groups in total. The first kappa shape index (κ1) is 14.8. The van der Waals surface area contributed by atoms with E-state index < -0.39 is 9.84 Å². The molecule has 0 aromatic heterocycles. The fourth-order valence-electron chi connectivity index (χ4n) is 2.11. The van der Waals surface area contributed by atoms with Gasteiger partial charge in [0, 0.05) is 19.6 Å². The minimum Gasteiger partial charge on any atom is -0.494 e. The molecule has 0 atom stereocenters. The van der Waals surface area contributed by atoms with Crippen LogP contribution in [0.15, 0.2) is 24.3 Å². The van der Waals surface area contributed by atoms with E-state index in [4.69, 9.17) is 10.00 Å². The Balaban J connectivity index is 1.68. The number of hydrogen-bond acceptors (Lipinski definition) is 5. The quantitative estimate of drug-likeness (QED) is 0.759. The van der Waals surface area contributed by atoms with E-state index in [0.29, 0.717) is 31.0 Å². The Morgan fingerprint density at radius 3 is 2.75 bits per heavy atom. The zero-order valence-electron chi connectivity index (χ0n) is 11.3. The Hall–Kier alpha value is -1.58. The van der Waals surface area contributed by atoms with Gasteiger partial charge in [0.1, 0.15) is 5.75 Å². The average Bonchev–Trinajstić information content (AvgIpc) is 2.45. The van der Waals surface area contributed by atoms with E-state index in [0.717, 1.165) is 13.0 Å². The molecule has 1 fully saturated rings. The number of rotatable bonds is 5. The zero-order chi connectivity index (χ0) is 14.4. The van der Waals surface area contributed by atoms with Gasteiger partial charge in [0.25, 0.3) is 0 Å². The maximum Gasteiger partial charge on any atom is 0.152 e. The second-order valence-corrected chi connectivity index (χ2v) is 7.14. The van der Waals surface area contributed by atoms with Crippen molar-refractivity contribution in [1.82, 2.24) is 4.90 Å². The fraction of sp³-hybridized carbons (Fsp3) is 0.500. The molecule has 0 unspecified atom stereocenters. The Morgan fingerprint density at radius 1 is 1.30 bits per heavy atom. The third kappa shape index (κ3) is 4.51. The number of nitrogens with zero attached hydrogens (tertiary/aromatic N) is 2. The van der Waals surface area contributed by atoms with Crippen molar-refractivity contribution in [2.45, 2.75) is 6.42 Å². The number of hydrogen-bond donors (Lipinski definition) is 0. The summed E-state index contributed by atoms with van der Waals surface area (Å²) in [6.07, 6.45) is 0.844. The summed E-state index contributed by atoms with van der Waals surface area (Å²) in [5, 5.41) is 8.78. The molecule has 0 bridgehead atoms. The van der Waals surface area contributed by atoms with Crippen LogP contribution in [0.1, 0.15) is 12.0 Å². The third-order valence-corrected chi connectivity index (χ3v) is 4.90. The first-order chi connectivity index (χ1) is 9.59. The largest absolute Gasteiger partial charge is 0.494 e. The summed E-state index contributed by atoms with van der Waals surface area (Å²) in [6, 6.07) is 9.15. The molecule has 1 saturated heterocycles. The highest BCUT2D eigenvalue weighted by atomic mass is 32.2. The van der Waals surface area contributed by atoms with Gasteiger partial charge in [-0.15, -0.1) is 0 Å². The zero-order valence-corrected chi connectivity index (χ0v) is 12.1. The van der Waals surface area contributed by atoms with Gasteiger partial charge in [-0.2, -0.15) is 5.26 Å². The second kappa shape index (κ2) is 6.73. The molecule has 1 aliphatic rings. The van der Waals surface area contributed by atoms with Crippen molar-refractivity contribution in [3.63, 3.8) is 0 Å². The minimum atomic E-state index is -2.80. The van der Waals surface area contributed by atoms with Gasteiger partial charge in [-0.25, -0.2) is 8.42 Å². The molecule has 0 radical (unpaired) electrons. The monoisotopic (exact) mass is 294 g/mol. The van der Waals surface area contributed by atoms with Crippen molar-refractivity contribution in [3.8, 4) is 11.8 Å². The maximum absolute atomic E-state index is 11.3. The number of ether oxygens (including phenoxy) is 1. The van der Waals surface area contributed by atoms with E-state index in [2.05, 4.69) is 11.0 Å². The van der Waals surface area contributed by atoms with Gasteiger partial charge in [0.15, 0.2) is 9.84 Å². The SMILES string of the molecule is N#Cc1cccc(OCCCN2CCS(=O)(=O)CC2)c1. The van der Waals surface area contributed by atoms with Crippen LogP contribution in [-0.4, -0.2) is 51.1 Å². The third-order valence-electron chi connectivity index (χ3n) is 3.29. The molecule has 1 aromatic rings. The highest BCUT2D eigenvalue weighted by Gasteiger charge is 2.20. The molecule has 1 heterocycles. The summed E-state index contributed by atoms with van der Waals surface area (Å²) in [5.41, 5.74) is 0.587. The lowest BCUT2D eigenvalue weighted by Gasteiger charge is -2.26. The van der Waals surface area contributed by atoms with Crippen LogP contribution in [0.25, 0.3) is 0 Å². The Labute approximate surface area is 119 Å². The predicted octanol–water partition coefficient (Wildman–Crippen LogP) is 1.06. The molecule has 1 aromatic carbocycles. The average molecular weight is 294 g/mol.